The van der Waals surface area contributed by atoms with E-state index in [2.05, 4.69) is 14.9 Å². The Bertz CT molecular complexity index is 942. The third kappa shape index (κ3) is 3.83. The van der Waals surface area contributed by atoms with E-state index in [0.717, 1.165) is 11.3 Å². The van der Waals surface area contributed by atoms with Crippen molar-refractivity contribution in [2.75, 3.05) is 31.1 Å². The molecule has 26 heavy (non-hydrogen) atoms. The van der Waals surface area contributed by atoms with Crippen molar-refractivity contribution in [3.8, 4) is 0 Å². The van der Waals surface area contributed by atoms with Gasteiger partial charge in [-0.1, -0.05) is 17.7 Å². The number of benzene rings is 1. The zero-order valence-electron chi connectivity index (χ0n) is 14.8. The van der Waals surface area contributed by atoms with E-state index in [0.29, 0.717) is 42.5 Å². The molecule has 0 unspecified atom stereocenters. The number of piperazine rings is 1. The first-order valence-electron chi connectivity index (χ1n) is 8.46. The van der Waals surface area contributed by atoms with Gasteiger partial charge in [-0.15, -0.1) is 0 Å². The van der Waals surface area contributed by atoms with Crippen LogP contribution >= 0.6 is 11.6 Å². The minimum atomic E-state index is -0.561. The van der Waals surface area contributed by atoms with E-state index >= 15 is 0 Å². The van der Waals surface area contributed by atoms with Gasteiger partial charge < -0.3 is 14.8 Å². The molecule has 138 valence electrons. The van der Waals surface area contributed by atoms with E-state index in [1.807, 2.05) is 25.1 Å². The highest BCUT2D eigenvalue weighted by atomic mass is 35.5. The van der Waals surface area contributed by atoms with Crippen molar-refractivity contribution in [3.63, 3.8) is 0 Å². The van der Waals surface area contributed by atoms with Crippen molar-refractivity contribution >= 4 is 23.2 Å². The van der Waals surface area contributed by atoms with E-state index in [1.54, 1.807) is 11.8 Å². The number of aromatic nitrogens is 2. The van der Waals surface area contributed by atoms with Crippen molar-refractivity contribution in [3.05, 3.63) is 60.9 Å². The van der Waals surface area contributed by atoms with E-state index in [9.17, 15) is 14.4 Å². The van der Waals surface area contributed by atoms with Crippen molar-refractivity contribution in [2.24, 2.45) is 0 Å². The molecule has 0 radical (unpaired) electrons. The van der Waals surface area contributed by atoms with Gasteiger partial charge in [-0.2, -0.15) is 0 Å². The van der Waals surface area contributed by atoms with Crippen molar-refractivity contribution < 1.29 is 4.79 Å². The molecule has 1 aliphatic heterocycles. The standard InChI is InChI=1S/C18H21ClN4O3/c1-11-3-4-13(19)9-15(11)22-5-7-23(8-6-22)16(24)10-14-12(2)20-18(26)21-17(14)25/h3-4,9H,5-8,10H2,1-2H3,(H2,20,21,25,26). The van der Waals surface area contributed by atoms with Gasteiger partial charge in [0, 0.05) is 48.1 Å². The summed E-state index contributed by atoms with van der Waals surface area (Å²) in [5.41, 5.74) is 1.90. The number of anilines is 1. The van der Waals surface area contributed by atoms with Gasteiger partial charge in [0.1, 0.15) is 0 Å². The smallest absolute Gasteiger partial charge is 0.325 e. The molecule has 8 heteroatoms. The van der Waals surface area contributed by atoms with E-state index in [1.165, 1.54) is 0 Å². The molecule has 1 saturated heterocycles. The summed E-state index contributed by atoms with van der Waals surface area (Å²) in [6, 6.07) is 5.79. The SMILES string of the molecule is Cc1ccc(Cl)cc1N1CCN(C(=O)Cc2c(C)[nH]c(=O)[nH]c2=O)CC1. The summed E-state index contributed by atoms with van der Waals surface area (Å²) in [7, 11) is 0. The van der Waals surface area contributed by atoms with Crippen LogP contribution in [0.5, 0.6) is 0 Å². The Morgan fingerprint density at radius 2 is 1.81 bits per heavy atom. The number of halogens is 1. The second-order valence-electron chi connectivity index (χ2n) is 6.49. The summed E-state index contributed by atoms with van der Waals surface area (Å²) in [5.74, 6) is -0.117. The van der Waals surface area contributed by atoms with Crippen LogP contribution in [-0.4, -0.2) is 47.0 Å². The van der Waals surface area contributed by atoms with Crippen LogP contribution in [0.3, 0.4) is 0 Å². The van der Waals surface area contributed by atoms with Gasteiger partial charge >= 0.3 is 5.69 Å². The number of aryl methyl sites for hydroxylation is 2. The summed E-state index contributed by atoms with van der Waals surface area (Å²) in [6.07, 6.45) is -0.0197. The second-order valence-corrected chi connectivity index (χ2v) is 6.92. The van der Waals surface area contributed by atoms with Crippen molar-refractivity contribution in [1.82, 2.24) is 14.9 Å². The van der Waals surface area contributed by atoms with Gasteiger partial charge in [0.25, 0.3) is 5.56 Å². The first-order chi connectivity index (χ1) is 12.3. The maximum Gasteiger partial charge on any atom is 0.325 e. The monoisotopic (exact) mass is 376 g/mol. The Morgan fingerprint density at radius 1 is 1.12 bits per heavy atom. The topological polar surface area (TPSA) is 89.3 Å². The maximum atomic E-state index is 12.6. The molecule has 0 aliphatic carbocycles. The highest BCUT2D eigenvalue weighted by Crippen LogP contribution is 2.25. The predicted octanol–water partition coefficient (Wildman–Crippen LogP) is 1.22. The molecule has 1 aromatic heterocycles. The lowest BCUT2D eigenvalue weighted by molar-refractivity contribution is -0.130. The summed E-state index contributed by atoms with van der Waals surface area (Å²) >= 11 is 6.10. The first kappa shape index (κ1) is 18.3. The lowest BCUT2D eigenvalue weighted by Gasteiger charge is -2.37. The second kappa shape index (κ2) is 7.37. The number of rotatable bonds is 3. The summed E-state index contributed by atoms with van der Waals surface area (Å²) in [4.78, 5) is 44.4. The van der Waals surface area contributed by atoms with E-state index < -0.39 is 11.2 Å². The summed E-state index contributed by atoms with van der Waals surface area (Å²) in [6.45, 7) is 6.21. The van der Waals surface area contributed by atoms with Crippen LogP contribution in [0.15, 0.2) is 27.8 Å². The maximum absolute atomic E-state index is 12.6. The fourth-order valence-electron chi connectivity index (χ4n) is 3.22. The van der Waals surface area contributed by atoms with Crippen LogP contribution in [0.4, 0.5) is 5.69 Å². The highest BCUT2D eigenvalue weighted by Gasteiger charge is 2.23. The Morgan fingerprint density at radius 3 is 2.46 bits per heavy atom. The number of nitrogens with zero attached hydrogens (tertiary/aromatic N) is 2. The van der Waals surface area contributed by atoms with Crippen LogP contribution in [0.25, 0.3) is 0 Å². The van der Waals surface area contributed by atoms with Crippen LogP contribution in [0.2, 0.25) is 5.02 Å². The van der Waals surface area contributed by atoms with Gasteiger partial charge in [0.05, 0.1) is 6.42 Å². The third-order valence-corrected chi connectivity index (χ3v) is 4.96. The zero-order valence-corrected chi connectivity index (χ0v) is 15.5. The summed E-state index contributed by atoms with van der Waals surface area (Å²) in [5, 5.41) is 0.692. The molecule has 7 nitrogen and oxygen atoms in total. The molecule has 0 bridgehead atoms. The van der Waals surface area contributed by atoms with Crippen molar-refractivity contribution in [2.45, 2.75) is 20.3 Å². The lowest BCUT2D eigenvalue weighted by atomic mass is 10.1. The van der Waals surface area contributed by atoms with Gasteiger partial charge in [-0.05, 0) is 31.5 Å². The molecule has 1 fully saturated rings. The number of hydrogen-bond donors (Lipinski definition) is 2. The number of carbonyl (C=O) groups is 1. The van der Waals surface area contributed by atoms with Crippen LogP contribution < -0.4 is 16.1 Å². The Kier molecular flexibility index (Phi) is 5.18. The third-order valence-electron chi connectivity index (χ3n) is 4.73. The molecule has 2 aromatic rings. The van der Waals surface area contributed by atoms with Crippen LogP contribution in [0.1, 0.15) is 16.8 Å². The highest BCUT2D eigenvalue weighted by molar-refractivity contribution is 6.30. The number of carbonyl (C=O) groups excluding carboxylic acids is 1. The molecular formula is C18H21ClN4O3. The van der Waals surface area contributed by atoms with Gasteiger partial charge in [-0.25, -0.2) is 4.79 Å². The average Bonchev–Trinajstić information content (AvgIpc) is 2.60. The first-order valence-corrected chi connectivity index (χ1v) is 8.84. The Hall–Kier alpha value is -2.54. The molecule has 1 amide bonds. The number of aromatic amines is 2. The Labute approximate surface area is 155 Å². The fraction of sp³-hybridized carbons (Fsp3) is 0.389. The van der Waals surface area contributed by atoms with E-state index in [-0.39, 0.29) is 12.3 Å². The molecule has 0 spiro atoms. The number of H-pyrrole nitrogens is 2. The fourth-order valence-corrected chi connectivity index (χ4v) is 3.39. The van der Waals surface area contributed by atoms with Gasteiger partial charge in [-0.3, -0.25) is 14.6 Å². The molecule has 1 aromatic carbocycles. The van der Waals surface area contributed by atoms with Crippen LogP contribution in [0, 0.1) is 13.8 Å². The molecule has 2 heterocycles. The molecule has 2 N–H and O–H groups in total. The van der Waals surface area contributed by atoms with E-state index in [4.69, 9.17) is 11.6 Å². The van der Waals surface area contributed by atoms with Crippen molar-refractivity contribution in [1.29, 1.82) is 0 Å². The summed E-state index contributed by atoms with van der Waals surface area (Å²) < 4.78 is 0. The predicted molar refractivity (Wildman–Crippen MR) is 101 cm³/mol. The number of nitrogens with one attached hydrogen (secondary N) is 2. The normalized spacial score (nSPS) is 14.6. The zero-order chi connectivity index (χ0) is 18.8. The Balaban J connectivity index is 1.67. The molecule has 3 rings (SSSR count). The molecule has 0 atom stereocenters. The van der Waals surface area contributed by atoms with Crippen LogP contribution in [-0.2, 0) is 11.2 Å². The molecule has 1 aliphatic rings. The minimum absolute atomic E-state index is 0.0197. The van der Waals surface area contributed by atoms with Gasteiger partial charge in [0.15, 0.2) is 0 Å². The van der Waals surface area contributed by atoms with Gasteiger partial charge in [0.2, 0.25) is 5.91 Å². The largest absolute Gasteiger partial charge is 0.368 e. The average molecular weight is 377 g/mol. The lowest BCUT2D eigenvalue weighted by Crippen LogP contribution is -2.49. The molecule has 0 saturated carbocycles. The minimum Gasteiger partial charge on any atom is -0.368 e. The quantitative estimate of drug-likeness (QED) is 0.843. The number of amides is 1. The number of hydrogen-bond acceptors (Lipinski definition) is 4. The molecular weight excluding hydrogens is 356 g/mol.